The molecule has 0 radical (unpaired) electrons. The van der Waals surface area contributed by atoms with Crippen LogP contribution in [0, 0.1) is 11.2 Å². The highest BCUT2D eigenvalue weighted by Crippen LogP contribution is 2.43. The molecule has 6 nitrogen and oxygen atoms in total. The van der Waals surface area contributed by atoms with Crippen molar-refractivity contribution >= 4 is 16.6 Å². The lowest BCUT2D eigenvalue weighted by Crippen LogP contribution is -2.42. The Hall–Kier alpha value is -2.90. The maximum absolute atomic E-state index is 14.8. The number of piperidine rings is 1. The maximum atomic E-state index is 14.8. The fourth-order valence-electron chi connectivity index (χ4n) is 5.70. The van der Waals surface area contributed by atoms with Crippen molar-refractivity contribution in [1.29, 1.82) is 0 Å². The molecule has 3 heterocycles. The molecule has 0 bridgehead atoms. The minimum absolute atomic E-state index is 0.216. The number of nitrogens with zero attached hydrogens (tertiary/aromatic N) is 3. The van der Waals surface area contributed by atoms with Gasteiger partial charge in [-0.3, -0.25) is 0 Å². The Balaban J connectivity index is 1.52. The van der Waals surface area contributed by atoms with Gasteiger partial charge >= 0.3 is 0 Å². The van der Waals surface area contributed by atoms with Crippen molar-refractivity contribution in [2.45, 2.75) is 19.3 Å². The summed E-state index contributed by atoms with van der Waals surface area (Å²) in [5.41, 5.74) is 3.96. The van der Waals surface area contributed by atoms with Gasteiger partial charge in [0.25, 0.3) is 0 Å². The lowest BCUT2D eigenvalue weighted by Gasteiger charge is -2.38. The number of likely N-dealkylation sites (N-methyl/N-ethyl adjacent to an activating group) is 1. The molecule has 2 fully saturated rings. The quantitative estimate of drug-likeness (QED) is 0.502. The van der Waals surface area contributed by atoms with Crippen LogP contribution in [0.2, 0.25) is 0 Å². The SMILES string of the molecule is CNCCOc1ccc(-c2cc(N3CCC4(CCCN(C)C4)C3)c3cc(F)c(OC)cc3n2)cc1. The van der Waals surface area contributed by atoms with Gasteiger partial charge < -0.3 is 24.6 Å². The number of rotatable bonds is 7. The van der Waals surface area contributed by atoms with Crippen LogP contribution >= 0.6 is 0 Å². The fourth-order valence-corrected chi connectivity index (χ4v) is 5.70. The first-order valence-electron chi connectivity index (χ1n) is 12.5. The van der Waals surface area contributed by atoms with E-state index in [4.69, 9.17) is 14.5 Å². The molecule has 0 aliphatic carbocycles. The van der Waals surface area contributed by atoms with Gasteiger partial charge in [0.15, 0.2) is 11.6 Å². The molecule has 1 N–H and O–H groups in total. The first-order valence-corrected chi connectivity index (χ1v) is 12.5. The molecule has 0 amide bonds. The average Bonchev–Trinajstić information content (AvgIpc) is 3.26. The summed E-state index contributed by atoms with van der Waals surface area (Å²) in [5.74, 6) is 0.690. The zero-order valence-corrected chi connectivity index (χ0v) is 20.9. The van der Waals surface area contributed by atoms with E-state index in [1.165, 1.54) is 26.5 Å². The predicted octanol–water partition coefficient (Wildman–Crippen LogP) is 4.57. The Labute approximate surface area is 207 Å². The van der Waals surface area contributed by atoms with Crippen molar-refractivity contribution in [2.24, 2.45) is 5.41 Å². The van der Waals surface area contributed by atoms with E-state index in [-0.39, 0.29) is 11.6 Å². The maximum Gasteiger partial charge on any atom is 0.165 e. The third kappa shape index (κ3) is 4.93. The van der Waals surface area contributed by atoms with E-state index in [2.05, 4.69) is 28.2 Å². The van der Waals surface area contributed by atoms with Crippen LogP contribution in [0.3, 0.4) is 0 Å². The van der Waals surface area contributed by atoms with E-state index in [9.17, 15) is 4.39 Å². The van der Waals surface area contributed by atoms with Gasteiger partial charge in [-0.05, 0) is 76.3 Å². The summed E-state index contributed by atoms with van der Waals surface area (Å²) in [5, 5.41) is 3.92. The number of nitrogens with one attached hydrogen (secondary N) is 1. The summed E-state index contributed by atoms with van der Waals surface area (Å²) in [6, 6.07) is 13.4. The fraction of sp³-hybridized carbons (Fsp3) is 0.464. The molecule has 2 saturated heterocycles. The van der Waals surface area contributed by atoms with E-state index >= 15 is 0 Å². The summed E-state index contributed by atoms with van der Waals surface area (Å²) < 4.78 is 25.8. The monoisotopic (exact) mass is 478 g/mol. The lowest BCUT2D eigenvalue weighted by molar-refractivity contribution is 0.128. The first kappa shape index (κ1) is 23.8. The van der Waals surface area contributed by atoms with E-state index in [1.807, 2.05) is 31.3 Å². The average molecular weight is 479 g/mol. The number of fused-ring (bicyclic) bond motifs is 1. The number of halogens is 1. The van der Waals surface area contributed by atoms with Gasteiger partial charge in [-0.15, -0.1) is 0 Å². The highest BCUT2D eigenvalue weighted by molar-refractivity contribution is 5.95. The minimum Gasteiger partial charge on any atom is -0.494 e. The Morgan fingerprint density at radius 3 is 2.66 bits per heavy atom. The Bertz CT molecular complexity index is 1190. The molecule has 2 aliphatic heterocycles. The van der Waals surface area contributed by atoms with Crippen molar-refractivity contribution in [3.63, 3.8) is 0 Å². The Morgan fingerprint density at radius 2 is 1.91 bits per heavy atom. The molecule has 2 aliphatic rings. The number of hydrogen-bond donors (Lipinski definition) is 1. The zero-order chi connectivity index (χ0) is 24.4. The van der Waals surface area contributed by atoms with Crippen molar-refractivity contribution in [2.75, 3.05) is 65.4 Å². The summed E-state index contributed by atoms with van der Waals surface area (Å²) in [7, 11) is 5.62. The summed E-state index contributed by atoms with van der Waals surface area (Å²) in [4.78, 5) is 9.81. The Kier molecular flexibility index (Phi) is 6.80. The molecule has 186 valence electrons. The third-order valence-electron chi connectivity index (χ3n) is 7.46. The predicted molar refractivity (Wildman–Crippen MR) is 139 cm³/mol. The lowest BCUT2D eigenvalue weighted by atomic mass is 9.79. The van der Waals surface area contributed by atoms with Crippen molar-refractivity contribution in [3.8, 4) is 22.8 Å². The Morgan fingerprint density at radius 1 is 1.09 bits per heavy atom. The number of aromatic nitrogens is 1. The summed E-state index contributed by atoms with van der Waals surface area (Å²) in [6.07, 6.45) is 3.65. The van der Waals surface area contributed by atoms with Crippen LogP contribution in [0.4, 0.5) is 10.1 Å². The van der Waals surface area contributed by atoms with Gasteiger partial charge in [0.05, 0.1) is 18.3 Å². The van der Waals surface area contributed by atoms with Crippen LogP contribution < -0.4 is 19.7 Å². The number of hydrogen-bond acceptors (Lipinski definition) is 6. The second kappa shape index (κ2) is 9.99. The van der Waals surface area contributed by atoms with E-state index in [1.54, 1.807) is 12.1 Å². The van der Waals surface area contributed by atoms with Gasteiger partial charge in [-0.25, -0.2) is 9.37 Å². The zero-order valence-electron chi connectivity index (χ0n) is 20.9. The third-order valence-corrected chi connectivity index (χ3v) is 7.46. The molecule has 1 unspecified atom stereocenters. The molecule has 3 aromatic rings. The van der Waals surface area contributed by atoms with Crippen LogP contribution in [0.15, 0.2) is 42.5 Å². The van der Waals surface area contributed by atoms with Gasteiger partial charge in [-0.1, -0.05) is 0 Å². The summed E-state index contributed by atoms with van der Waals surface area (Å²) >= 11 is 0. The molecular formula is C28H35FN4O2. The first-order chi connectivity index (χ1) is 17.0. The molecule has 5 rings (SSSR count). The number of pyridine rings is 1. The number of likely N-dealkylation sites (tertiary alicyclic amines) is 1. The second-order valence-electron chi connectivity index (χ2n) is 10.0. The second-order valence-corrected chi connectivity index (χ2v) is 10.0. The largest absolute Gasteiger partial charge is 0.494 e. The molecule has 2 aromatic carbocycles. The summed E-state index contributed by atoms with van der Waals surface area (Å²) in [6.45, 7) is 5.66. The molecule has 0 saturated carbocycles. The molecule has 7 heteroatoms. The van der Waals surface area contributed by atoms with Gasteiger partial charge in [0.2, 0.25) is 0 Å². The molecule has 1 aromatic heterocycles. The van der Waals surface area contributed by atoms with Crippen molar-refractivity contribution in [3.05, 3.63) is 48.3 Å². The van der Waals surface area contributed by atoms with Crippen LogP contribution in [0.1, 0.15) is 19.3 Å². The highest BCUT2D eigenvalue weighted by atomic mass is 19.1. The molecule has 1 atom stereocenters. The molecular weight excluding hydrogens is 443 g/mol. The van der Waals surface area contributed by atoms with Crippen molar-refractivity contribution < 1.29 is 13.9 Å². The van der Waals surface area contributed by atoms with Gasteiger partial charge in [0, 0.05) is 54.3 Å². The minimum atomic E-state index is -0.356. The highest BCUT2D eigenvalue weighted by Gasteiger charge is 2.41. The molecule has 1 spiro atoms. The van der Waals surface area contributed by atoms with Crippen LogP contribution in [0.25, 0.3) is 22.2 Å². The van der Waals surface area contributed by atoms with Crippen LogP contribution in [-0.4, -0.2) is 70.4 Å². The standard InChI is InChI=1S/C28H35FN4O2/c1-30-11-14-35-21-7-5-20(6-8-21)24-16-26(22-15-23(29)27(34-3)17-25(22)31-24)33-13-10-28(19-33)9-4-12-32(2)18-28/h5-8,15-17,30H,4,9-14,18-19H2,1-3H3. The number of benzene rings is 2. The number of anilines is 1. The van der Waals surface area contributed by atoms with E-state index in [0.717, 1.165) is 66.2 Å². The van der Waals surface area contributed by atoms with Crippen LogP contribution in [-0.2, 0) is 0 Å². The van der Waals surface area contributed by atoms with Gasteiger partial charge in [0.1, 0.15) is 12.4 Å². The molecule has 35 heavy (non-hydrogen) atoms. The van der Waals surface area contributed by atoms with E-state index in [0.29, 0.717) is 12.0 Å². The van der Waals surface area contributed by atoms with Crippen molar-refractivity contribution in [1.82, 2.24) is 15.2 Å². The van der Waals surface area contributed by atoms with Crippen LogP contribution in [0.5, 0.6) is 11.5 Å². The van der Waals surface area contributed by atoms with E-state index < -0.39 is 0 Å². The number of methoxy groups -OCH3 is 1. The normalized spacial score (nSPS) is 20.6. The van der Waals surface area contributed by atoms with Gasteiger partial charge in [-0.2, -0.15) is 0 Å². The number of ether oxygens (including phenoxy) is 2. The smallest absolute Gasteiger partial charge is 0.165 e. The topological polar surface area (TPSA) is 49.9 Å².